The van der Waals surface area contributed by atoms with Crippen molar-refractivity contribution in [1.29, 1.82) is 0 Å². The van der Waals surface area contributed by atoms with Crippen LogP contribution in [0.15, 0.2) is 54.9 Å². The van der Waals surface area contributed by atoms with Gasteiger partial charge in [-0.3, -0.25) is 0 Å². The molecular weight excluding hydrogens is 333 g/mol. The first-order valence-electron chi connectivity index (χ1n) is 8.25. The Bertz CT molecular complexity index is 870. The summed E-state index contributed by atoms with van der Waals surface area (Å²) in [6, 6.07) is 13.8. The van der Waals surface area contributed by atoms with Crippen LogP contribution in [0.25, 0.3) is 0 Å². The molecular formula is C19H20FN5O. The van der Waals surface area contributed by atoms with Gasteiger partial charge in [-0.1, -0.05) is 24.3 Å². The molecule has 0 aliphatic heterocycles. The lowest BCUT2D eigenvalue weighted by Crippen LogP contribution is -2.08. The number of ether oxygens (including phenoxy) is 1. The van der Waals surface area contributed by atoms with Crippen molar-refractivity contribution >= 4 is 23.0 Å². The summed E-state index contributed by atoms with van der Waals surface area (Å²) in [5.41, 5.74) is 8.27. The van der Waals surface area contributed by atoms with E-state index in [1.807, 2.05) is 31.2 Å². The van der Waals surface area contributed by atoms with Gasteiger partial charge in [-0.05, 0) is 36.8 Å². The number of anilines is 4. The van der Waals surface area contributed by atoms with Gasteiger partial charge in [0.1, 0.15) is 23.6 Å². The van der Waals surface area contributed by atoms with Crippen molar-refractivity contribution in [1.82, 2.24) is 9.97 Å². The van der Waals surface area contributed by atoms with E-state index in [0.717, 1.165) is 11.3 Å². The SMILES string of the molecule is CCOc1ccccc1Nc1ncnc(NCc2ccc(F)cc2)c1N. The molecule has 1 heterocycles. The second-order valence-corrected chi connectivity index (χ2v) is 5.52. The van der Waals surface area contributed by atoms with Gasteiger partial charge in [-0.15, -0.1) is 0 Å². The van der Waals surface area contributed by atoms with Crippen LogP contribution in [0.2, 0.25) is 0 Å². The van der Waals surface area contributed by atoms with E-state index >= 15 is 0 Å². The number of benzene rings is 2. The summed E-state index contributed by atoms with van der Waals surface area (Å²) in [5, 5.41) is 6.33. The highest BCUT2D eigenvalue weighted by Crippen LogP contribution is 2.31. The van der Waals surface area contributed by atoms with Crippen LogP contribution < -0.4 is 21.1 Å². The molecule has 0 aliphatic carbocycles. The molecule has 0 unspecified atom stereocenters. The molecule has 1 aromatic heterocycles. The van der Waals surface area contributed by atoms with Crippen LogP contribution in [0.5, 0.6) is 5.75 Å². The summed E-state index contributed by atoms with van der Waals surface area (Å²) < 4.78 is 18.6. The topological polar surface area (TPSA) is 85.1 Å². The van der Waals surface area contributed by atoms with Crippen LogP contribution in [-0.4, -0.2) is 16.6 Å². The third-order valence-corrected chi connectivity index (χ3v) is 3.70. The first kappa shape index (κ1) is 17.5. The zero-order chi connectivity index (χ0) is 18.4. The molecule has 3 rings (SSSR count). The fraction of sp³-hybridized carbons (Fsp3) is 0.158. The zero-order valence-electron chi connectivity index (χ0n) is 14.4. The molecule has 0 amide bonds. The van der Waals surface area contributed by atoms with Crippen LogP contribution in [0.4, 0.5) is 27.4 Å². The van der Waals surface area contributed by atoms with Gasteiger partial charge >= 0.3 is 0 Å². The lowest BCUT2D eigenvalue weighted by atomic mass is 10.2. The number of hydrogen-bond donors (Lipinski definition) is 3. The van der Waals surface area contributed by atoms with Gasteiger partial charge < -0.3 is 21.1 Å². The molecule has 134 valence electrons. The van der Waals surface area contributed by atoms with Crippen molar-refractivity contribution in [3.8, 4) is 5.75 Å². The van der Waals surface area contributed by atoms with E-state index in [0.29, 0.717) is 36.2 Å². The van der Waals surface area contributed by atoms with E-state index in [2.05, 4.69) is 20.6 Å². The summed E-state index contributed by atoms with van der Waals surface area (Å²) in [7, 11) is 0. The second-order valence-electron chi connectivity index (χ2n) is 5.52. The molecule has 7 heteroatoms. The van der Waals surface area contributed by atoms with Gasteiger partial charge in [-0.25, -0.2) is 14.4 Å². The van der Waals surface area contributed by atoms with Crippen LogP contribution in [0.1, 0.15) is 12.5 Å². The van der Waals surface area contributed by atoms with E-state index in [-0.39, 0.29) is 5.82 Å². The van der Waals surface area contributed by atoms with E-state index < -0.39 is 0 Å². The van der Waals surface area contributed by atoms with Crippen molar-refractivity contribution < 1.29 is 9.13 Å². The molecule has 0 atom stereocenters. The average molecular weight is 353 g/mol. The number of nitrogens with two attached hydrogens (primary N) is 1. The predicted molar refractivity (Wildman–Crippen MR) is 101 cm³/mol. The van der Waals surface area contributed by atoms with E-state index in [1.54, 1.807) is 12.1 Å². The Morgan fingerprint density at radius 3 is 2.54 bits per heavy atom. The summed E-state index contributed by atoms with van der Waals surface area (Å²) in [4.78, 5) is 8.39. The van der Waals surface area contributed by atoms with Gasteiger partial charge in [0, 0.05) is 6.54 Å². The molecule has 0 fully saturated rings. The van der Waals surface area contributed by atoms with Crippen molar-refractivity contribution in [3.05, 3.63) is 66.2 Å². The quantitative estimate of drug-likeness (QED) is 0.596. The Morgan fingerprint density at radius 2 is 1.77 bits per heavy atom. The average Bonchev–Trinajstić information content (AvgIpc) is 2.65. The number of hydrogen-bond acceptors (Lipinski definition) is 6. The smallest absolute Gasteiger partial charge is 0.159 e. The van der Waals surface area contributed by atoms with E-state index in [4.69, 9.17) is 10.5 Å². The minimum atomic E-state index is -0.269. The van der Waals surface area contributed by atoms with Crippen molar-refractivity contribution in [2.75, 3.05) is 23.0 Å². The van der Waals surface area contributed by atoms with Crippen LogP contribution >= 0.6 is 0 Å². The maximum Gasteiger partial charge on any atom is 0.159 e. The van der Waals surface area contributed by atoms with Gasteiger partial charge in [0.05, 0.1) is 12.3 Å². The molecule has 26 heavy (non-hydrogen) atoms. The first-order valence-corrected chi connectivity index (χ1v) is 8.25. The van der Waals surface area contributed by atoms with Gasteiger partial charge in [0.25, 0.3) is 0 Å². The number of para-hydroxylation sites is 2. The molecule has 6 nitrogen and oxygen atoms in total. The Hall–Kier alpha value is -3.35. The zero-order valence-corrected chi connectivity index (χ0v) is 14.4. The minimum Gasteiger partial charge on any atom is -0.492 e. The summed E-state index contributed by atoms with van der Waals surface area (Å²) in [6.45, 7) is 2.95. The first-order chi connectivity index (χ1) is 12.7. The molecule has 0 bridgehead atoms. The van der Waals surface area contributed by atoms with Crippen molar-refractivity contribution in [3.63, 3.8) is 0 Å². The molecule has 3 aromatic rings. The molecule has 0 radical (unpaired) electrons. The number of rotatable bonds is 7. The second kappa shape index (κ2) is 8.15. The third kappa shape index (κ3) is 4.18. The Morgan fingerprint density at radius 1 is 1.04 bits per heavy atom. The largest absolute Gasteiger partial charge is 0.492 e. The van der Waals surface area contributed by atoms with E-state index in [9.17, 15) is 4.39 Å². The van der Waals surface area contributed by atoms with Crippen LogP contribution in [-0.2, 0) is 6.54 Å². The molecule has 0 saturated carbocycles. The highest BCUT2D eigenvalue weighted by molar-refractivity contribution is 5.79. The number of halogens is 1. The Kier molecular flexibility index (Phi) is 5.48. The van der Waals surface area contributed by atoms with Crippen molar-refractivity contribution in [2.45, 2.75) is 13.5 Å². The highest BCUT2D eigenvalue weighted by Gasteiger charge is 2.10. The minimum absolute atomic E-state index is 0.269. The van der Waals surface area contributed by atoms with Crippen molar-refractivity contribution in [2.24, 2.45) is 0 Å². The summed E-state index contributed by atoms with van der Waals surface area (Å²) in [5.74, 6) is 1.43. The van der Waals surface area contributed by atoms with Crippen LogP contribution in [0.3, 0.4) is 0 Å². The number of nitrogen functional groups attached to an aromatic ring is 1. The molecule has 0 aliphatic rings. The number of nitrogens with zero attached hydrogens (tertiary/aromatic N) is 2. The fourth-order valence-corrected chi connectivity index (χ4v) is 2.40. The van der Waals surface area contributed by atoms with Gasteiger partial charge in [0.15, 0.2) is 11.6 Å². The highest BCUT2D eigenvalue weighted by atomic mass is 19.1. The maximum absolute atomic E-state index is 13.0. The fourth-order valence-electron chi connectivity index (χ4n) is 2.40. The standard InChI is InChI=1S/C19H20FN5O/c1-2-26-16-6-4-3-5-15(16)25-19-17(21)18(23-12-24-19)22-11-13-7-9-14(20)10-8-13/h3-10,12H,2,11,21H2,1H3,(H2,22,23,24,25). The van der Waals surface area contributed by atoms with Gasteiger partial charge in [0.2, 0.25) is 0 Å². The molecule has 0 saturated heterocycles. The third-order valence-electron chi connectivity index (χ3n) is 3.70. The Balaban J connectivity index is 1.76. The Labute approximate surface area is 151 Å². The van der Waals surface area contributed by atoms with Gasteiger partial charge in [-0.2, -0.15) is 0 Å². The van der Waals surface area contributed by atoms with E-state index in [1.165, 1.54) is 18.5 Å². The maximum atomic E-state index is 13.0. The predicted octanol–water partition coefficient (Wildman–Crippen LogP) is 3.95. The summed E-state index contributed by atoms with van der Waals surface area (Å²) in [6.07, 6.45) is 1.43. The summed E-state index contributed by atoms with van der Waals surface area (Å²) >= 11 is 0. The lowest BCUT2D eigenvalue weighted by molar-refractivity contribution is 0.342. The lowest BCUT2D eigenvalue weighted by Gasteiger charge is -2.15. The normalized spacial score (nSPS) is 10.4. The monoisotopic (exact) mass is 353 g/mol. The molecule has 0 spiro atoms. The molecule has 2 aromatic carbocycles. The number of aromatic nitrogens is 2. The number of nitrogens with one attached hydrogen (secondary N) is 2. The van der Waals surface area contributed by atoms with Crippen LogP contribution in [0, 0.1) is 5.82 Å². The molecule has 4 N–H and O–H groups in total.